The van der Waals surface area contributed by atoms with Crippen LogP contribution in [0.4, 0.5) is 0 Å². The van der Waals surface area contributed by atoms with Gasteiger partial charge in [-0.1, -0.05) is 181 Å². The minimum atomic E-state index is -4.33. The Hall–Kier alpha value is -5.03. The van der Waals surface area contributed by atoms with Gasteiger partial charge in [0, 0.05) is 0 Å². The molecule has 0 bridgehead atoms. The van der Waals surface area contributed by atoms with Crippen LogP contribution in [0.5, 0.6) is 0 Å². The van der Waals surface area contributed by atoms with Crippen LogP contribution >= 0.6 is 0 Å². The molecular weight excluding hydrogens is 573 g/mol. The lowest BCUT2D eigenvalue weighted by Crippen LogP contribution is -2.76. The van der Waals surface area contributed by atoms with E-state index in [0.29, 0.717) is 20.7 Å². The maximum absolute atomic E-state index is 10.7. The quantitative estimate of drug-likeness (QED) is 0.251. The number of hydrogen-bond acceptors (Lipinski definition) is 0. The van der Waals surface area contributed by atoms with E-state index in [1.54, 1.807) is 31.2 Å². The molecule has 0 saturated carbocycles. The molecule has 2 heteroatoms. The number of benzene rings is 7. The summed E-state index contributed by atoms with van der Waals surface area (Å²) in [4.78, 5) is 0. The smallest absolute Gasteiger partial charge is 0.0623 e. The van der Waals surface area contributed by atoms with E-state index in [1.165, 1.54) is 0 Å². The highest BCUT2D eigenvalue weighted by molar-refractivity contribution is 7.24. The van der Waals surface area contributed by atoms with Crippen molar-refractivity contribution in [1.82, 2.24) is 0 Å². The zero-order chi connectivity index (χ0) is 41.3. The summed E-state index contributed by atoms with van der Waals surface area (Å²) in [7, 11) is -8.67. The van der Waals surface area contributed by atoms with Crippen molar-refractivity contribution < 1.29 is 17.8 Å². The topological polar surface area (TPSA) is 0 Å². The first-order valence-corrected chi connectivity index (χ1v) is 18.8. The van der Waals surface area contributed by atoms with Crippen molar-refractivity contribution in [1.29, 1.82) is 0 Å². The minimum Gasteiger partial charge on any atom is -0.0623 e. The van der Waals surface area contributed by atoms with E-state index < -0.39 is 76.6 Å². The summed E-state index contributed by atoms with van der Waals surface area (Å²) in [5.41, 5.74) is 3.10. The van der Waals surface area contributed by atoms with Gasteiger partial charge in [0.2, 0.25) is 0 Å². The predicted molar refractivity (Wildman–Crippen MR) is 196 cm³/mol. The second-order valence-electron chi connectivity index (χ2n) is 11.4. The molecule has 212 valence electrons. The van der Waals surface area contributed by atoms with E-state index in [9.17, 15) is 9.60 Å². The average Bonchev–Trinajstić information content (AvgIpc) is 3.68. The average molecular weight is 618 g/mol. The molecule has 0 saturated heterocycles. The molecule has 0 amide bonds. The lowest BCUT2D eigenvalue weighted by Gasteiger charge is -2.35. The Bertz CT molecular complexity index is 2640. The summed E-state index contributed by atoms with van der Waals surface area (Å²) in [6.45, 7) is 1.60. The van der Waals surface area contributed by atoms with Gasteiger partial charge in [-0.3, -0.25) is 0 Å². The molecular formula is C43H32Si2. The van der Waals surface area contributed by atoms with Crippen molar-refractivity contribution in [2.75, 3.05) is 0 Å². The molecule has 45 heavy (non-hydrogen) atoms. The fourth-order valence-corrected chi connectivity index (χ4v) is 17.2. The largest absolute Gasteiger partial charge is 0.180 e. The second kappa shape index (κ2) is 10.00. The van der Waals surface area contributed by atoms with Crippen LogP contribution in [-0.2, 0) is 0 Å². The maximum atomic E-state index is 10.7. The summed E-state index contributed by atoms with van der Waals surface area (Å²) in [5, 5.41) is 2.63. The maximum Gasteiger partial charge on any atom is 0.180 e. The van der Waals surface area contributed by atoms with Gasteiger partial charge in [0.25, 0.3) is 0 Å². The molecule has 2 aliphatic heterocycles. The van der Waals surface area contributed by atoms with Gasteiger partial charge in [0.1, 0.15) is 0 Å². The van der Waals surface area contributed by atoms with Crippen LogP contribution in [0.15, 0.2) is 176 Å². The van der Waals surface area contributed by atoms with Crippen LogP contribution in [0.25, 0.3) is 22.3 Å². The molecule has 0 nitrogen and oxygen atoms in total. The Morgan fingerprint density at radius 1 is 0.378 bits per heavy atom. The van der Waals surface area contributed by atoms with Crippen molar-refractivity contribution in [3.05, 3.63) is 181 Å². The van der Waals surface area contributed by atoms with Crippen molar-refractivity contribution in [2.45, 2.75) is 6.92 Å². The van der Waals surface area contributed by atoms with Crippen molar-refractivity contribution >= 4 is 57.6 Å². The van der Waals surface area contributed by atoms with Gasteiger partial charge >= 0.3 is 0 Å². The van der Waals surface area contributed by atoms with Gasteiger partial charge < -0.3 is 0 Å². The fraction of sp³-hybridized carbons (Fsp3) is 0.0233. The van der Waals surface area contributed by atoms with Gasteiger partial charge in [0.15, 0.2) is 16.1 Å². The van der Waals surface area contributed by atoms with Crippen LogP contribution in [0.2, 0.25) is 0 Å². The van der Waals surface area contributed by atoms with Crippen LogP contribution in [0.1, 0.15) is 23.4 Å². The third kappa shape index (κ3) is 3.52. The van der Waals surface area contributed by atoms with E-state index in [0.717, 1.165) is 22.3 Å². The summed E-state index contributed by atoms with van der Waals surface area (Å²) in [6.07, 6.45) is 0. The van der Waals surface area contributed by atoms with Crippen molar-refractivity contribution in [2.24, 2.45) is 0 Å². The molecule has 0 atom stereocenters. The number of fused-ring (bicyclic) bond motifs is 6. The Kier molecular flexibility index (Phi) is 3.63. The molecule has 0 fully saturated rings. The first-order chi connectivity index (χ1) is 27.7. The third-order valence-electron chi connectivity index (χ3n) is 9.28. The molecule has 7 aromatic carbocycles. The third-order valence-corrected chi connectivity index (χ3v) is 18.3. The molecule has 0 spiro atoms. The number of hydrogen-bond donors (Lipinski definition) is 0. The second-order valence-corrected chi connectivity index (χ2v) is 18.6. The van der Waals surface area contributed by atoms with Crippen LogP contribution in [0.3, 0.4) is 0 Å². The summed E-state index contributed by atoms with van der Waals surface area (Å²) >= 11 is 0. The van der Waals surface area contributed by atoms with Crippen LogP contribution in [0, 0.1) is 6.92 Å². The zero-order valence-electron chi connectivity index (χ0n) is 37.2. The van der Waals surface area contributed by atoms with E-state index in [4.69, 9.17) is 8.22 Å². The molecule has 2 heterocycles. The summed E-state index contributed by atoms with van der Waals surface area (Å²) in [6, 6.07) is 23.7. The molecule has 0 aromatic heterocycles. The van der Waals surface area contributed by atoms with Gasteiger partial charge in [-0.2, -0.15) is 0 Å². The van der Waals surface area contributed by atoms with Gasteiger partial charge in [-0.25, -0.2) is 0 Å². The Morgan fingerprint density at radius 3 is 1.02 bits per heavy atom. The molecule has 0 N–H and O–H groups in total. The molecule has 0 aliphatic carbocycles. The van der Waals surface area contributed by atoms with Crippen LogP contribution < -0.4 is 41.5 Å². The van der Waals surface area contributed by atoms with E-state index in [1.807, 2.05) is 72.8 Å². The zero-order valence-corrected chi connectivity index (χ0v) is 26.2. The summed E-state index contributed by atoms with van der Waals surface area (Å²) in [5.74, 6) is 0. The monoisotopic (exact) mass is 617 g/mol. The van der Waals surface area contributed by atoms with E-state index in [-0.39, 0.29) is 44.4 Å². The first-order valence-electron chi connectivity index (χ1n) is 21.3. The van der Waals surface area contributed by atoms with E-state index in [2.05, 4.69) is 0 Å². The first kappa shape index (κ1) is 16.3. The Morgan fingerprint density at radius 2 is 0.689 bits per heavy atom. The molecule has 0 unspecified atom stereocenters. The lowest BCUT2D eigenvalue weighted by atomic mass is 10.1. The summed E-state index contributed by atoms with van der Waals surface area (Å²) < 4.78 is 121. The van der Waals surface area contributed by atoms with E-state index >= 15 is 0 Å². The Labute approximate surface area is 285 Å². The predicted octanol–water partition coefficient (Wildman–Crippen LogP) is 4.71. The van der Waals surface area contributed by atoms with Crippen LogP contribution in [-0.4, -0.2) is 16.1 Å². The van der Waals surface area contributed by atoms with Gasteiger partial charge in [0.05, 0.1) is 17.8 Å². The standard InChI is InChI=1S/C43H32Si2/c1-31-28-34(44(32-16-4-2-5-17-32)40-24-12-8-20-36(40)37-21-9-13-25-41(37)44)30-35(29-31)45(33-18-6-3-7-19-33)42-26-14-10-22-38(42)39-23-11-15-27-43(39)45/h2-30H,1H3/i2D,3D,4D,5D,6D,7D,16D,17D,18D,19D,28D,29D,30D. The highest BCUT2D eigenvalue weighted by Crippen LogP contribution is 2.30. The molecule has 2 aliphatic rings. The molecule has 0 radical (unpaired) electrons. The molecule has 7 aromatic rings. The normalized spacial score (nSPS) is 18.7. The van der Waals surface area contributed by atoms with Gasteiger partial charge in [-0.15, -0.1) is 0 Å². The molecule has 9 rings (SSSR count). The highest BCUT2D eigenvalue weighted by Gasteiger charge is 2.52. The van der Waals surface area contributed by atoms with Gasteiger partial charge in [-0.05, 0) is 70.7 Å². The lowest BCUT2D eigenvalue weighted by molar-refractivity contribution is 1.50. The number of rotatable bonds is 4. The fourth-order valence-electron chi connectivity index (χ4n) is 7.64. The van der Waals surface area contributed by atoms with Crippen molar-refractivity contribution in [3.8, 4) is 22.3 Å². The highest BCUT2D eigenvalue weighted by atomic mass is 28.3. The van der Waals surface area contributed by atoms with Crippen molar-refractivity contribution in [3.63, 3.8) is 0 Å². The Balaban J connectivity index is 1.59. The SMILES string of the molecule is [2H]c1c([2H])c([2H])c([Si]2(c3c([2H])c(C)c([2H])c([Si]4(c5c([2H])c([2H])c([2H])c([2H])c5[2H])c5ccccc5-c5ccccc54)c3[2H])c3ccccc3-c3ccccc32)c([2H])c1[2H]. The minimum absolute atomic E-state index is 0.0215.